The Morgan fingerprint density at radius 3 is 2.79 bits per heavy atom. The molecule has 0 aliphatic carbocycles. The van der Waals surface area contributed by atoms with Gasteiger partial charge >= 0.3 is 5.69 Å². The topological polar surface area (TPSA) is 39.3 Å². The first-order valence-electron chi connectivity index (χ1n) is 6.25. The summed E-state index contributed by atoms with van der Waals surface area (Å²) in [5, 5.41) is 4.35. The van der Waals surface area contributed by atoms with E-state index in [1.807, 2.05) is 18.2 Å². The molecule has 19 heavy (non-hydrogen) atoms. The molecule has 2 aromatic heterocycles. The predicted octanol–water partition coefficient (Wildman–Crippen LogP) is 2.16. The maximum Gasteiger partial charge on any atom is 0.350 e. The van der Waals surface area contributed by atoms with Crippen LogP contribution in [0.3, 0.4) is 0 Å². The van der Waals surface area contributed by atoms with Crippen LogP contribution in [-0.4, -0.2) is 14.2 Å². The highest BCUT2D eigenvalue weighted by atomic mass is 16.2. The second-order valence-corrected chi connectivity index (χ2v) is 4.80. The Morgan fingerprint density at radius 1 is 1.16 bits per heavy atom. The molecule has 0 amide bonds. The van der Waals surface area contributed by atoms with Crippen LogP contribution >= 0.6 is 0 Å². The molecule has 1 aromatic carbocycles. The fraction of sp³-hybridized carbons (Fsp3) is 0.200. The summed E-state index contributed by atoms with van der Waals surface area (Å²) in [4.78, 5) is 12.2. The minimum atomic E-state index is -0.100. The lowest BCUT2D eigenvalue weighted by molar-refractivity contribution is 0.656. The monoisotopic (exact) mass is 253 g/mol. The number of aryl methyl sites for hydroxylation is 2. The largest absolute Gasteiger partial charge is 0.350 e. The van der Waals surface area contributed by atoms with Gasteiger partial charge in [-0.3, -0.25) is 4.40 Å². The van der Waals surface area contributed by atoms with E-state index in [1.54, 1.807) is 10.6 Å². The lowest BCUT2D eigenvalue weighted by atomic mass is 10.1. The second-order valence-electron chi connectivity index (χ2n) is 4.80. The first-order valence-corrected chi connectivity index (χ1v) is 6.25. The van der Waals surface area contributed by atoms with Crippen LogP contribution in [0.15, 0.2) is 47.4 Å². The zero-order valence-electron chi connectivity index (χ0n) is 11.0. The van der Waals surface area contributed by atoms with E-state index >= 15 is 0 Å². The van der Waals surface area contributed by atoms with Crippen molar-refractivity contribution in [2.45, 2.75) is 20.4 Å². The summed E-state index contributed by atoms with van der Waals surface area (Å²) in [6, 6.07) is 11.8. The fourth-order valence-electron chi connectivity index (χ4n) is 2.20. The van der Waals surface area contributed by atoms with Gasteiger partial charge in [0.2, 0.25) is 0 Å². The molecule has 3 aromatic rings. The van der Waals surface area contributed by atoms with Crippen LogP contribution in [0, 0.1) is 13.8 Å². The van der Waals surface area contributed by atoms with E-state index in [2.05, 4.69) is 37.1 Å². The molecule has 4 heteroatoms. The Kier molecular flexibility index (Phi) is 2.71. The maximum atomic E-state index is 12.2. The zero-order chi connectivity index (χ0) is 13.4. The average Bonchev–Trinajstić information content (AvgIpc) is 2.72. The second kappa shape index (κ2) is 4.39. The molecule has 0 fully saturated rings. The smallest absolute Gasteiger partial charge is 0.250 e. The highest BCUT2D eigenvalue weighted by Crippen LogP contribution is 2.11. The van der Waals surface area contributed by atoms with Gasteiger partial charge in [-0.1, -0.05) is 29.8 Å². The van der Waals surface area contributed by atoms with Gasteiger partial charge in [-0.25, -0.2) is 9.48 Å². The molecule has 0 spiro atoms. The summed E-state index contributed by atoms with van der Waals surface area (Å²) < 4.78 is 3.07. The van der Waals surface area contributed by atoms with Gasteiger partial charge < -0.3 is 0 Å². The third-order valence-corrected chi connectivity index (χ3v) is 3.31. The first kappa shape index (κ1) is 11.7. The van der Waals surface area contributed by atoms with Crippen LogP contribution in [0.5, 0.6) is 0 Å². The summed E-state index contributed by atoms with van der Waals surface area (Å²) in [5.74, 6) is 0. The van der Waals surface area contributed by atoms with Gasteiger partial charge in [-0.15, -0.1) is 5.10 Å². The van der Waals surface area contributed by atoms with Crippen LogP contribution in [0.1, 0.15) is 16.7 Å². The number of rotatable bonds is 2. The van der Waals surface area contributed by atoms with Crippen molar-refractivity contribution in [3.8, 4) is 0 Å². The standard InChI is InChI=1S/C15H15N3O/c1-11-6-7-12(2)13(9-11)10-18-15(19)17-8-4-3-5-14(17)16-18/h3-9H,10H2,1-2H3. The van der Waals surface area contributed by atoms with Crippen molar-refractivity contribution in [3.05, 3.63) is 69.8 Å². The molecule has 0 aliphatic rings. The molecule has 2 heterocycles. The molecule has 3 rings (SSSR count). The van der Waals surface area contributed by atoms with E-state index in [0.29, 0.717) is 12.2 Å². The van der Waals surface area contributed by atoms with Gasteiger partial charge in [-0.05, 0) is 37.1 Å². The molecule has 0 saturated carbocycles. The molecule has 0 N–H and O–H groups in total. The number of hydrogen-bond donors (Lipinski definition) is 0. The quantitative estimate of drug-likeness (QED) is 0.702. The number of fused-ring (bicyclic) bond motifs is 1. The minimum absolute atomic E-state index is 0.100. The van der Waals surface area contributed by atoms with Crippen LogP contribution in [-0.2, 0) is 6.54 Å². The number of hydrogen-bond acceptors (Lipinski definition) is 2. The normalized spacial score (nSPS) is 11.1. The van der Waals surface area contributed by atoms with E-state index in [1.165, 1.54) is 15.8 Å². The third kappa shape index (κ3) is 2.05. The van der Waals surface area contributed by atoms with Crippen molar-refractivity contribution in [1.82, 2.24) is 14.2 Å². The fourth-order valence-corrected chi connectivity index (χ4v) is 2.20. The van der Waals surface area contributed by atoms with E-state index < -0.39 is 0 Å². The Bertz CT molecular complexity index is 799. The van der Waals surface area contributed by atoms with Crippen molar-refractivity contribution in [2.75, 3.05) is 0 Å². The van der Waals surface area contributed by atoms with Crippen molar-refractivity contribution < 1.29 is 0 Å². The van der Waals surface area contributed by atoms with Gasteiger partial charge in [0, 0.05) is 6.20 Å². The van der Waals surface area contributed by atoms with Crippen LogP contribution in [0.2, 0.25) is 0 Å². The summed E-state index contributed by atoms with van der Waals surface area (Å²) in [5.41, 5.74) is 4.08. The highest BCUT2D eigenvalue weighted by molar-refractivity contribution is 5.36. The predicted molar refractivity (Wildman–Crippen MR) is 74.5 cm³/mol. The lowest BCUT2D eigenvalue weighted by Gasteiger charge is -2.06. The summed E-state index contributed by atoms with van der Waals surface area (Å²) in [6.07, 6.45) is 1.74. The molecule has 0 radical (unpaired) electrons. The summed E-state index contributed by atoms with van der Waals surface area (Å²) >= 11 is 0. The van der Waals surface area contributed by atoms with Gasteiger partial charge in [0.05, 0.1) is 6.54 Å². The number of nitrogens with zero attached hydrogens (tertiary/aromatic N) is 3. The molecule has 0 bridgehead atoms. The van der Waals surface area contributed by atoms with Crippen molar-refractivity contribution in [2.24, 2.45) is 0 Å². The van der Waals surface area contributed by atoms with E-state index in [-0.39, 0.29) is 5.69 Å². The SMILES string of the molecule is Cc1ccc(C)c(Cn2nc3ccccn3c2=O)c1. The van der Waals surface area contributed by atoms with Crippen molar-refractivity contribution in [3.63, 3.8) is 0 Å². The average molecular weight is 253 g/mol. The number of pyridine rings is 1. The van der Waals surface area contributed by atoms with Gasteiger partial charge in [0.1, 0.15) is 0 Å². The van der Waals surface area contributed by atoms with Crippen molar-refractivity contribution >= 4 is 5.65 Å². The first-order chi connectivity index (χ1) is 9.15. The van der Waals surface area contributed by atoms with Crippen LogP contribution in [0.25, 0.3) is 5.65 Å². The van der Waals surface area contributed by atoms with E-state index in [4.69, 9.17) is 0 Å². The molecule has 96 valence electrons. The van der Waals surface area contributed by atoms with Gasteiger partial charge in [0.15, 0.2) is 5.65 Å². The molecule has 0 unspecified atom stereocenters. The summed E-state index contributed by atoms with van der Waals surface area (Å²) in [6.45, 7) is 4.61. The Balaban J connectivity index is 2.08. The van der Waals surface area contributed by atoms with Gasteiger partial charge in [0.25, 0.3) is 0 Å². The van der Waals surface area contributed by atoms with E-state index in [9.17, 15) is 4.79 Å². The van der Waals surface area contributed by atoms with Gasteiger partial charge in [-0.2, -0.15) is 0 Å². The molecular formula is C15H15N3O. The summed E-state index contributed by atoms with van der Waals surface area (Å²) in [7, 11) is 0. The molecular weight excluding hydrogens is 238 g/mol. The zero-order valence-corrected chi connectivity index (χ0v) is 11.0. The van der Waals surface area contributed by atoms with E-state index in [0.717, 1.165) is 5.56 Å². The maximum absolute atomic E-state index is 12.2. The lowest BCUT2D eigenvalue weighted by Crippen LogP contribution is -2.21. The molecule has 4 nitrogen and oxygen atoms in total. The highest BCUT2D eigenvalue weighted by Gasteiger charge is 2.07. The Labute approximate surface area is 110 Å². The number of benzene rings is 1. The number of aromatic nitrogens is 3. The molecule has 0 saturated heterocycles. The Hall–Kier alpha value is -2.36. The Morgan fingerprint density at radius 2 is 2.00 bits per heavy atom. The molecule has 0 aliphatic heterocycles. The minimum Gasteiger partial charge on any atom is -0.250 e. The van der Waals surface area contributed by atoms with Crippen molar-refractivity contribution in [1.29, 1.82) is 0 Å². The molecule has 0 atom stereocenters. The van der Waals surface area contributed by atoms with Crippen LogP contribution < -0.4 is 5.69 Å². The van der Waals surface area contributed by atoms with Crippen LogP contribution in [0.4, 0.5) is 0 Å². The third-order valence-electron chi connectivity index (χ3n) is 3.31.